The van der Waals surface area contributed by atoms with Crippen molar-refractivity contribution in [2.24, 2.45) is 0 Å². The topological polar surface area (TPSA) is 48.1 Å². The van der Waals surface area contributed by atoms with Crippen molar-refractivity contribution < 1.29 is 0 Å². The molecule has 0 amide bonds. The van der Waals surface area contributed by atoms with Crippen LogP contribution in [-0.4, -0.2) is 26.2 Å². The third-order valence-corrected chi connectivity index (χ3v) is 10.0. The Kier molecular flexibility index (Phi) is 17.5. The zero-order chi connectivity index (χ0) is 34.5. The Labute approximate surface area is 299 Å². The summed E-state index contributed by atoms with van der Waals surface area (Å²) >= 11 is 0. The van der Waals surface area contributed by atoms with Gasteiger partial charge in [0.2, 0.25) is 0 Å². The molecule has 0 atom stereocenters. The zero-order valence-corrected chi connectivity index (χ0v) is 31.6. The zero-order valence-electron chi connectivity index (χ0n) is 31.6. The van der Waals surface area contributed by atoms with E-state index in [1.807, 2.05) is 0 Å². The fourth-order valence-electron chi connectivity index (χ4n) is 6.99. The van der Waals surface area contributed by atoms with E-state index >= 15 is 0 Å². The average Bonchev–Trinajstić information content (AvgIpc) is 3.12. The van der Waals surface area contributed by atoms with Gasteiger partial charge in [0.05, 0.1) is 0 Å². The SMILES string of the molecule is CCCCCCNc1ccc2ccc(NCCCCCC)c(Cc3c(NCCCCCC)ccc4ccc(NCCCCCC)cc34)c2c1. The van der Waals surface area contributed by atoms with Crippen molar-refractivity contribution in [2.45, 2.75) is 137 Å². The minimum atomic E-state index is 0.878. The van der Waals surface area contributed by atoms with Crippen molar-refractivity contribution in [3.63, 3.8) is 0 Å². The molecule has 268 valence electrons. The number of rotatable bonds is 26. The van der Waals surface area contributed by atoms with Gasteiger partial charge in [0.15, 0.2) is 0 Å². The minimum Gasteiger partial charge on any atom is -0.385 e. The van der Waals surface area contributed by atoms with E-state index in [1.54, 1.807) is 0 Å². The molecule has 0 aromatic heterocycles. The van der Waals surface area contributed by atoms with Gasteiger partial charge < -0.3 is 21.3 Å². The Bertz CT molecular complexity index is 1390. The summed E-state index contributed by atoms with van der Waals surface area (Å²) in [4.78, 5) is 0. The van der Waals surface area contributed by atoms with E-state index in [4.69, 9.17) is 0 Å². The first kappa shape index (κ1) is 38.4. The lowest BCUT2D eigenvalue weighted by Gasteiger charge is -2.20. The second kappa shape index (κ2) is 22.3. The normalized spacial score (nSPS) is 11.3. The van der Waals surface area contributed by atoms with E-state index in [1.165, 1.54) is 158 Å². The molecule has 0 unspecified atom stereocenters. The van der Waals surface area contributed by atoms with Crippen molar-refractivity contribution in [3.05, 3.63) is 71.8 Å². The van der Waals surface area contributed by atoms with Gasteiger partial charge in [-0.3, -0.25) is 0 Å². The summed E-state index contributed by atoms with van der Waals surface area (Å²) < 4.78 is 0. The summed E-state index contributed by atoms with van der Waals surface area (Å²) in [6.45, 7) is 13.2. The van der Waals surface area contributed by atoms with Crippen molar-refractivity contribution in [1.29, 1.82) is 0 Å². The highest BCUT2D eigenvalue weighted by Gasteiger charge is 2.16. The van der Waals surface area contributed by atoms with Gasteiger partial charge in [-0.2, -0.15) is 0 Å². The van der Waals surface area contributed by atoms with E-state index in [-0.39, 0.29) is 0 Å². The van der Waals surface area contributed by atoms with Crippen LogP contribution in [0, 0.1) is 0 Å². The average molecular weight is 665 g/mol. The van der Waals surface area contributed by atoms with Crippen LogP contribution in [0.2, 0.25) is 0 Å². The number of nitrogens with one attached hydrogen (secondary N) is 4. The summed E-state index contributed by atoms with van der Waals surface area (Å²) in [6, 6.07) is 23.3. The molecular formula is C45H68N4. The number of fused-ring (bicyclic) bond motifs is 2. The van der Waals surface area contributed by atoms with Crippen LogP contribution in [-0.2, 0) is 6.42 Å². The molecule has 4 aromatic carbocycles. The lowest BCUT2D eigenvalue weighted by Crippen LogP contribution is -2.09. The molecule has 4 nitrogen and oxygen atoms in total. The number of hydrogen-bond donors (Lipinski definition) is 4. The largest absolute Gasteiger partial charge is 0.385 e. The van der Waals surface area contributed by atoms with E-state index in [9.17, 15) is 0 Å². The molecule has 4 rings (SSSR count). The van der Waals surface area contributed by atoms with Gasteiger partial charge in [-0.1, -0.05) is 129 Å². The predicted octanol–water partition coefficient (Wildman–Crippen LogP) is 13.6. The third-order valence-electron chi connectivity index (χ3n) is 10.0. The Morgan fingerprint density at radius 2 is 0.714 bits per heavy atom. The lowest BCUT2D eigenvalue weighted by atomic mass is 9.91. The van der Waals surface area contributed by atoms with Crippen LogP contribution in [0.25, 0.3) is 21.5 Å². The number of unbranched alkanes of at least 4 members (excludes halogenated alkanes) is 12. The molecule has 0 aliphatic rings. The molecule has 0 spiro atoms. The molecule has 0 aliphatic carbocycles. The van der Waals surface area contributed by atoms with Gasteiger partial charge >= 0.3 is 0 Å². The Balaban J connectivity index is 1.73. The smallest absolute Gasteiger partial charge is 0.0382 e. The van der Waals surface area contributed by atoms with Crippen molar-refractivity contribution >= 4 is 44.3 Å². The molecule has 4 heteroatoms. The molecule has 0 radical (unpaired) electrons. The quantitative estimate of drug-likeness (QED) is 0.0505. The van der Waals surface area contributed by atoms with Crippen LogP contribution < -0.4 is 21.3 Å². The summed E-state index contributed by atoms with van der Waals surface area (Å²) in [5.74, 6) is 0. The first-order valence-corrected chi connectivity index (χ1v) is 20.2. The fraction of sp³-hybridized carbons (Fsp3) is 0.556. The molecule has 0 saturated carbocycles. The van der Waals surface area contributed by atoms with Crippen LogP contribution in [0.5, 0.6) is 0 Å². The molecule has 0 bridgehead atoms. The molecule has 0 fully saturated rings. The summed E-state index contributed by atoms with van der Waals surface area (Å²) in [5.41, 5.74) is 7.82. The van der Waals surface area contributed by atoms with Gasteiger partial charge in [-0.25, -0.2) is 0 Å². The highest BCUT2D eigenvalue weighted by Crippen LogP contribution is 2.36. The highest BCUT2D eigenvalue weighted by molar-refractivity contribution is 5.96. The van der Waals surface area contributed by atoms with Gasteiger partial charge in [0.1, 0.15) is 0 Å². The second-order valence-corrected chi connectivity index (χ2v) is 14.2. The summed E-state index contributed by atoms with van der Waals surface area (Å²) in [7, 11) is 0. The highest BCUT2D eigenvalue weighted by atomic mass is 14.9. The monoisotopic (exact) mass is 665 g/mol. The van der Waals surface area contributed by atoms with E-state index in [0.29, 0.717) is 0 Å². The van der Waals surface area contributed by atoms with Crippen LogP contribution in [0.15, 0.2) is 60.7 Å². The van der Waals surface area contributed by atoms with Gasteiger partial charge in [0, 0.05) is 55.3 Å². The maximum absolute atomic E-state index is 3.91. The molecule has 0 aliphatic heterocycles. The van der Waals surface area contributed by atoms with Gasteiger partial charge in [-0.15, -0.1) is 0 Å². The summed E-state index contributed by atoms with van der Waals surface area (Å²) in [6.07, 6.45) is 21.2. The van der Waals surface area contributed by atoms with Crippen LogP contribution in [0.4, 0.5) is 22.7 Å². The predicted molar refractivity (Wildman–Crippen MR) is 221 cm³/mol. The summed E-state index contributed by atoms with van der Waals surface area (Å²) in [5, 5.41) is 20.7. The van der Waals surface area contributed by atoms with Crippen LogP contribution in [0.1, 0.15) is 142 Å². The number of anilines is 4. The van der Waals surface area contributed by atoms with Crippen LogP contribution in [0.3, 0.4) is 0 Å². The van der Waals surface area contributed by atoms with E-state index in [0.717, 1.165) is 32.6 Å². The molecule has 4 aromatic rings. The maximum atomic E-state index is 3.91. The Morgan fingerprint density at radius 3 is 1.08 bits per heavy atom. The van der Waals surface area contributed by atoms with Gasteiger partial charge in [0.25, 0.3) is 0 Å². The minimum absolute atomic E-state index is 0.878. The lowest BCUT2D eigenvalue weighted by molar-refractivity contribution is 0.684. The van der Waals surface area contributed by atoms with E-state index in [2.05, 4.69) is 110 Å². The van der Waals surface area contributed by atoms with Crippen molar-refractivity contribution in [2.75, 3.05) is 47.4 Å². The first-order valence-electron chi connectivity index (χ1n) is 20.2. The fourth-order valence-corrected chi connectivity index (χ4v) is 6.99. The van der Waals surface area contributed by atoms with Crippen molar-refractivity contribution in [3.8, 4) is 0 Å². The molecular weight excluding hydrogens is 597 g/mol. The number of hydrogen-bond acceptors (Lipinski definition) is 4. The second-order valence-electron chi connectivity index (χ2n) is 14.2. The van der Waals surface area contributed by atoms with Crippen molar-refractivity contribution in [1.82, 2.24) is 0 Å². The third kappa shape index (κ3) is 12.5. The standard InChI is InChI=1S/C45H68N4/c1-5-9-13-17-29-46-38-25-21-36-23-27-44(48-31-19-15-11-7-3)42(40(36)33-38)35-43-41-34-39(47-30-18-14-10-6-2)26-22-37(41)24-28-45(43)49-32-20-16-12-8-4/h21-28,33-34,46-49H,5-20,29-32,35H2,1-4H3. The Hall–Kier alpha value is -3.40. The molecule has 4 N–H and O–H groups in total. The number of benzene rings is 4. The first-order chi connectivity index (χ1) is 24.2. The Morgan fingerprint density at radius 1 is 0.367 bits per heavy atom. The van der Waals surface area contributed by atoms with E-state index < -0.39 is 0 Å². The molecule has 49 heavy (non-hydrogen) atoms. The van der Waals surface area contributed by atoms with Gasteiger partial charge in [-0.05, 0) is 94.8 Å². The molecule has 0 heterocycles. The van der Waals surface area contributed by atoms with Crippen LogP contribution >= 0.6 is 0 Å². The molecule has 0 saturated heterocycles. The maximum Gasteiger partial charge on any atom is 0.0382 e.